The van der Waals surface area contributed by atoms with Gasteiger partial charge in [-0.2, -0.15) is 0 Å². The number of carbonyl (C=O) groups is 1. The number of esters is 1. The van der Waals surface area contributed by atoms with Gasteiger partial charge in [-0.15, -0.1) is 5.10 Å². The second-order valence-electron chi connectivity index (χ2n) is 6.45. The van der Waals surface area contributed by atoms with Crippen molar-refractivity contribution >= 4 is 22.8 Å². The lowest BCUT2D eigenvalue weighted by Crippen LogP contribution is -2.42. The molecular formula is C20H18N4O5. The highest BCUT2D eigenvalue weighted by Gasteiger charge is 2.18. The number of para-hydroxylation sites is 2. The average Bonchev–Trinajstić information content (AvgIpc) is 3.01. The maximum atomic E-state index is 12.8. The molecule has 0 saturated carbocycles. The highest BCUT2D eigenvalue weighted by molar-refractivity contribution is 5.80. The number of nitrogens with zero attached hydrogens (tertiary/aromatic N) is 4. The molecule has 2 aromatic carbocycles. The molecule has 0 bridgehead atoms. The standard InChI is InChI=1S/C20H18N4O5/c1-2-29-17(26)12-23-18(27)19(28)24-16-6-4-3-5-15(16)22(20(24)21-23)11-13-7-9-14(25)10-8-13/h3-10,25H,2,11-12H2,1H3. The Kier molecular flexibility index (Phi) is 4.63. The molecule has 0 fully saturated rings. The van der Waals surface area contributed by atoms with Gasteiger partial charge in [0.25, 0.3) is 0 Å². The molecule has 0 aliphatic carbocycles. The fourth-order valence-corrected chi connectivity index (χ4v) is 3.25. The highest BCUT2D eigenvalue weighted by Crippen LogP contribution is 2.20. The van der Waals surface area contributed by atoms with Crippen molar-refractivity contribution in [1.29, 1.82) is 0 Å². The van der Waals surface area contributed by atoms with Crippen LogP contribution in [-0.4, -0.2) is 36.4 Å². The molecule has 0 aliphatic heterocycles. The first kappa shape index (κ1) is 18.5. The van der Waals surface area contributed by atoms with E-state index in [1.54, 1.807) is 47.9 Å². The van der Waals surface area contributed by atoms with Crippen LogP contribution < -0.4 is 11.1 Å². The van der Waals surface area contributed by atoms with Gasteiger partial charge in [0.05, 0.1) is 24.2 Å². The lowest BCUT2D eigenvalue weighted by atomic mass is 10.2. The van der Waals surface area contributed by atoms with Crippen molar-refractivity contribution in [3.8, 4) is 5.75 Å². The fourth-order valence-electron chi connectivity index (χ4n) is 3.25. The van der Waals surface area contributed by atoms with E-state index < -0.39 is 23.6 Å². The van der Waals surface area contributed by atoms with E-state index in [1.807, 2.05) is 12.1 Å². The maximum absolute atomic E-state index is 12.8. The van der Waals surface area contributed by atoms with Crippen LogP contribution in [0.15, 0.2) is 58.1 Å². The number of aromatic hydroxyl groups is 1. The van der Waals surface area contributed by atoms with Crippen molar-refractivity contribution in [2.45, 2.75) is 20.0 Å². The number of fused-ring (bicyclic) bond motifs is 3. The number of aromatic nitrogens is 4. The second-order valence-corrected chi connectivity index (χ2v) is 6.45. The highest BCUT2D eigenvalue weighted by atomic mass is 16.5. The molecule has 0 saturated heterocycles. The van der Waals surface area contributed by atoms with Gasteiger partial charge in [0.1, 0.15) is 12.3 Å². The molecule has 0 unspecified atom stereocenters. The van der Waals surface area contributed by atoms with E-state index in [-0.39, 0.29) is 18.1 Å². The predicted molar refractivity (Wildman–Crippen MR) is 105 cm³/mol. The average molecular weight is 394 g/mol. The van der Waals surface area contributed by atoms with E-state index >= 15 is 0 Å². The third-order valence-corrected chi connectivity index (χ3v) is 4.55. The van der Waals surface area contributed by atoms with Gasteiger partial charge in [-0.25, -0.2) is 9.08 Å². The number of carbonyl (C=O) groups excluding carboxylic acids is 1. The molecular weight excluding hydrogens is 376 g/mol. The predicted octanol–water partition coefficient (Wildman–Crippen LogP) is 1.13. The Bertz CT molecular complexity index is 1330. The summed E-state index contributed by atoms with van der Waals surface area (Å²) in [5.41, 5.74) is 0.420. The van der Waals surface area contributed by atoms with Crippen LogP contribution in [0.5, 0.6) is 5.75 Å². The van der Waals surface area contributed by atoms with E-state index in [0.717, 1.165) is 10.2 Å². The van der Waals surface area contributed by atoms with Gasteiger partial charge in [0, 0.05) is 0 Å². The maximum Gasteiger partial charge on any atom is 0.333 e. The SMILES string of the molecule is CCOC(=O)Cn1nc2n(Cc3ccc(O)cc3)c3ccccc3n2c(=O)c1=O. The van der Waals surface area contributed by atoms with Crippen molar-refractivity contribution in [1.82, 2.24) is 18.7 Å². The zero-order chi connectivity index (χ0) is 20.5. The Morgan fingerprint density at radius 2 is 1.72 bits per heavy atom. The summed E-state index contributed by atoms with van der Waals surface area (Å²) in [7, 11) is 0. The number of hydrogen-bond acceptors (Lipinski definition) is 6. The molecule has 1 N–H and O–H groups in total. The van der Waals surface area contributed by atoms with E-state index in [1.165, 1.54) is 4.40 Å². The molecule has 0 amide bonds. The molecule has 0 atom stereocenters. The van der Waals surface area contributed by atoms with Gasteiger partial charge in [-0.05, 0) is 36.8 Å². The molecule has 2 heterocycles. The van der Waals surface area contributed by atoms with Crippen LogP contribution in [0.25, 0.3) is 16.8 Å². The van der Waals surface area contributed by atoms with Crippen LogP contribution in [-0.2, 0) is 22.6 Å². The smallest absolute Gasteiger partial charge is 0.333 e. The van der Waals surface area contributed by atoms with Crippen LogP contribution in [0.2, 0.25) is 0 Å². The number of ether oxygens (including phenoxy) is 1. The number of hydrogen-bond donors (Lipinski definition) is 1. The van der Waals surface area contributed by atoms with E-state index in [4.69, 9.17) is 4.74 Å². The van der Waals surface area contributed by atoms with Gasteiger partial charge in [0.15, 0.2) is 0 Å². The van der Waals surface area contributed by atoms with Gasteiger partial charge < -0.3 is 14.4 Å². The largest absolute Gasteiger partial charge is 0.508 e. The summed E-state index contributed by atoms with van der Waals surface area (Å²) < 4.78 is 8.74. The minimum Gasteiger partial charge on any atom is -0.508 e. The first-order valence-corrected chi connectivity index (χ1v) is 9.04. The molecule has 9 nitrogen and oxygen atoms in total. The summed E-state index contributed by atoms with van der Waals surface area (Å²) in [6.45, 7) is 1.72. The van der Waals surface area contributed by atoms with Crippen molar-refractivity contribution in [2.75, 3.05) is 6.61 Å². The Labute approximate surface area is 164 Å². The normalized spacial score (nSPS) is 11.2. The minimum absolute atomic E-state index is 0.147. The van der Waals surface area contributed by atoms with Crippen molar-refractivity contribution in [2.24, 2.45) is 0 Å². The zero-order valence-electron chi connectivity index (χ0n) is 15.6. The molecule has 4 rings (SSSR count). The van der Waals surface area contributed by atoms with Gasteiger partial charge in [-0.1, -0.05) is 24.3 Å². The van der Waals surface area contributed by atoms with Crippen LogP contribution in [0.4, 0.5) is 0 Å². The molecule has 2 aromatic heterocycles. The number of benzene rings is 2. The second kappa shape index (κ2) is 7.27. The summed E-state index contributed by atoms with van der Waals surface area (Å²) in [5, 5.41) is 13.8. The molecule has 148 valence electrons. The quantitative estimate of drug-likeness (QED) is 0.402. The van der Waals surface area contributed by atoms with E-state index in [9.17, 15) is 19.5 Å². The number of rotatable bonds is 5. The molecule has 0 spiro atoms. The summed E-state index contributed by atoms with van der Waals surface area (Å²) in [6, 6.07) is 13.8. The van der Waals surface area contributed by atoms with Crippen LogP contribution in [0.3, 0.4) is 0 Å². The lowest BCUT2D eigenvalue weighted by Gasteiger charge is -2.08. The first-order valence-electron chi connectivity index (χ1n) is 9.04. The molecule has 0 aliphatic rings. The topological polar surface area (TPSA) is 108 Å². The van der Waals surface area contributed by atoms with Crippen molar-refractivity contribution in [3.63, 3.8) is 0 Å². The minimum atomic E-state index is -0.900. The molecule has 29 heavy (non-hydrogen) atoms. The third-order valence-electron chi connectivity index (χ3n) is 4.55. The Balaban J connectivity index is 1.96. The van der Waals surface area contributed by atoms with E-state index in [2.05, 4.69) is 5.10 Å². The summed E-state index contributed by atoms with van der Waals surface area (Å²) in [6.07, 6.45) is 0. The number of imidazole rings is 1. The van der Waals surface area contributed by atoms with Gasteiger partial charge in [-0.3, -0.25) is 14.4 Å². The van der Waals surface area contributed by atoms with Crippen LogP contribution in [0, 0.1) is 0 Å². The summed E-state index contributed by atoms with van der Waals surface area (Å²) in [5.74, 6) is -0.270. The summed E-state index contributed by atoms with van der Waals surface area (Å²) in [4.78, 5) is 37.1. The third kappa shape index (κ3) is 3.27. The number of phenolic OH excluding ortho intramolecular Hbond substituents is 1. The first-order chi connectivity index (χ1) is 14.0. The van der Waals surface area contributed by atoms with Gasteiger partial charge in [0.2, 0.25) is 5.78 Å². The van der Waals surface area contributed by atoms with Crippen LogP contribution in [0.1, 0.15) is 12.5 Å². The summed E-state index contributed by atoms with van der Waals surface area (Å²) >= 11 is 0. The molecule has 4 aromatic rings. The Hall–Kier alpha value is -3.88. The fraction of sp³-hybridized carbons (Fsp3) is 0.200. The monoisotopic (exact) mass is 394 g/mol. The Morgan fingerprint density at radius 3 is 2.41 bits per heavy atom. The van der Waals surface area contributed by atoms with Gasteiger partial charge >= 0.3 is 17.1 Å². The van der Waals surface area contributed by atoms with Crippen LogP contribution >= 0.6 is 0 Å². The van der Waals surface area contributed by atoms with E-state index in [0.29, 0.717) is 17.6 Å². The molecule has 0 radical (unpaired) electrons. The lowest BCUT2D eigenvalue weighted by molar-refractivity contribution is -0.144. The zero-order valence-corrected chi connectivity index (χ0v) is 15.6. The van der Waals surface area contributed by atoms with Crippen molar-refractivity contribution < 1.29 is 14.6 Å². The molecule has 9 heteroatoms. The van der Waals surface area contributed by atoms with Crippen molar-refractivity contribution in [3.05, 3.63) is 74.8 Å². The Morgan fingerprint density at radius 1 is 1.03 bits per heavy atom. The number of phenols is 1.